The molecule has 2 nitrogen and oxygen atoms in total. The Balaban J connectivity index is 2.20. The second kappa shape index (κ2) is 5.25. The molecule has 1 heterocycles. The van der Waals surface area contributed by atoms with Gasteiger partial charge in [0.15, 0.2) is 0 Å². The molecule has 0 aliphatic heterocycles. The highest BCUT2D eigenvalue weighted by Gasteiger charge is 2.13. The number of aliphatic hydroxyl groups excluding tert-OH is 1. The number of nitrogens with zero attached hydrogens (tertiary/aromatic N) is 1. The Bertz CT molecular complexity index is 504. The molecule has 0 bridgehead atoms. The highest BCUT2D eigenvalue weighted by molar-refractivity contribution is 6.31. The van der Waals surface area contributed by atoms with Crippen LogP contribution in [0.25, 0.3) is 0 Å². The number of aliphatic hydroxyl groups is 1. The van der Waals surface area contributed by atoms with Gasteiger partial charge in [-0.1, -0.05) is 17.7 Å². The Morgan fingerprint density at radius 2 is 2.12 bits per heavy atom. The number of aromatic nitrogens is 1. The van der Waals surface area contributed by atoms with Crippen LogP contribution in [0.5, 0.6) is 0 Å². The van der Waals surface area contributed by atoms with E-state index < -0.39 is 11.9 Å². The number of hydrogen-bond donors (Lipinski definition) is 1. The maximum absolute atomic E-state index is 13.1. The lowest BCUT2D eigenvalue weighted by molar-refractivity contribution is 0.177. The fraction of sp³-hybridized carbons (Fsp3) is 0.154. The van der Waals surface area contributed by atoms with Crippen molar-refractivity contribution in [3.05, 3.63) is 64.7 Å². The number of benzene rings is 1. The molecule has 0 saturated carbocycles. The van der Waals surface area contributed by atoms with Crippen molar-refractivity contribution in [2.45, 2.75) is 12.5 Å². The molecule has 88 valence electrons. The van der Waals surface area contributed by atoms with Gasteiger partial charge in [0.05, 0.1) is 6.10 Å². The van der Waals surface area contributed by atoms with Crippen LogP contribution in [-0.4, -0.2) is 10.1 Å². The number of halogens is 2. The lowest BCUT2D eigenvalue weighted by Gasteiger charge is -2.12. The van der Waals surface area contributed by atoms with Crippen molar-refractivity contribution < 1.29 is 9.50 Å². The molecule has 0 saturated heterocycles. The molecule has 1 unspecified atom stereocenters. The minimum Gasteiger partial charge on any atom is -0.388 e. The zero-order chi connectivity index (χ0) is 12.3. The molecule has 0 amide bonds. The van der Waals surface area contributed by atoms with E-state index in [1.165, 1.54) is 18.2 Å². The maximum Gasteiger partial charge on any atom is 0.123 e. The first-order chi connectivity index (χ1) is 8.16. The molecule has 17 heavy (non-hydrogen) atoms. The van der Waals surface area contributed by atoms with Crippen LogP contribution in [0.1, 0.15) is 17.4 Å². The Labute approximate surface area is 104 Å². The van der Waals surface area contributed by atoms with Gasteiger partial charge < -0.3 is 5.11 Å². The third-order valence-corrected chi connectivity index (χ3v) is 2.79. The maximum atomic E-state index is 13.1. The number of hydrogen-bond acceptors (Lipinski definition) is 2. The van der Waals surface area contributed by atoms with Gasteiger partial charge in [-0.3, -0.25) is 4.98 Å². The van der Waals surface area contributed by atoms with Gasteiger partial charge in [0.2, 0.25) is 0 Å². The largest absolute Gasteiger partial charge is 0.388 e. The van der Waals surface area contributed by atoms with Crippen LogP contribution in [0.3, 0.4) is 0 Å². The predicted octanol–water partition coefficient (Wildman–Crippen LogP) is 3.15. The van der Waals surface area contributed by atoms with Crippen LogP contribution in [-0.2, 0) is 6.42 Å². The smallest absolute Gasteiger partial charge is 0.123 e. The second-order valence-corrected chi connectivity index (χ2v) is 4.11. The average molecular weight is 252 g/mol. The molecule has 0 fully saturated rings. The molecular weight excluding hydrogens is 241 g/mol. The van der Waals surface area contributed by atoms with E-state index in [-0.39, 0.29) is 0 Å². The molecule has 2 aromatic rings. The minimum absolute atomic E-state index is 0.310. The van der Waals surface area contributed by atoms with Crippen LogP contribution >= 0.6 is 11.6 Å². The summed E-state index contributed by atoms with van der Waals surface area (Å²) in [6, 6.07) is 9.38. The topological polar surface area (TPSA) is 33.1 Å². The van der Waals surface area contributed by atoms with Crippen LogP contribution in [0.15, 0.2) is 42.6 Å². The summed E-state index contributed by atoms with van der Waals surface area (Å²) in [5.74, 6) is -0.413. The first-order valence-electron chi connectivity index (χ1n) is 5.20. The number of rotatable bonds is 3. The van der Waals surface area contributed by atoms with Gasteiger partial charge in [0.1, 0.15) is 5.82 Å². The van der Waals surface area contributed by atoms with Crippen molar-refractivity contribution in [1.29, 1.82) is 0 Å². The van der Waals surface area contributed by atoms with E-state index in [0.717, 1.165) is 5.69 Å². The van der Waals surface area contributed by atoms with Gasteiger partial charge in [-0.15, -0.1) is 0 Å². The van der Waals surface area contributed by atoms with Crippen molar-refractivity contribution in [1.82, 2.24) is 4.98 Å². The monoisotopic (exact) mass is 251 g/mol. The van der Waals surface area contributed by atoms with Crippen LogP contribution in [0.4, 0.5) is 4.39 Å². The fourth-order valence-electron chi connectivity index (χ4n) is 1.60. The second-order valence-electron chi connectivity index (χ2n) is 3.71. The van der Waals surface area contributed by atoms with Crippen molar-refractivity contribution in [2.24, 2.45) is 0 Å². The molecule has 1 aromatic heterocycles. The molecule has 1 N–H and O–H groups in total. The summed E-state index contributed by atoms with van der Waals surface area (Å²) in [6.07, 6.45) is 1.10. The summed E-state index contributed by atoms with van der Waals surface area (Å²) in [6.45, 7) is 0. The quantitative estimate of drug-likeness (QED) is 0.909. The lowest BCUT2D eigenvalue weighted by atomic mass is 10.0. The molecule has 1 aromatic carbocycles. The Morgan fingerprint density at radius 3 is 2.82 bits per heavy atom. The first-order valence-corrected chi connectivity index (χ1v) is 5.57. The molecule has 0 aliphatic rings. The highest BCUT2D eigenvalue weighted by atomic mass is 35.5. The van der Waals surface area contributed by atoms with E-state index in [0.29, 0.717) is 17.0 Å². The van der Waals surface area contributed by atoms with Crippen molar-refractivity contribution in [2.75, 3.05) is 0 Å². The van der Waals surface area contributed by atoms with Gasteiger partial charge in [-0.2, -0.15) is 0 Å². The Kier molecular flexibility index (Phi) is 3.71. The van der Waals surface area contributed by atoms with E-state index in [1.54, 1.807) is 18.3 Å². The van der Waals surface area contributed by atoms with Gasteiger partial charge in [-0.25, -0.2) is 4.39 Å². The molecule has 0 aliphatic carbocycles. The van der Waals surface area contributed by atoms with Crippen molar-refractivity contribution in [3.8, 4) is 0 Å². The zero-order valence-corrected chi connectivity index (χ0v) is 9.73. The third kappa shape index (κ3) is 3.02. The van der Waals surface area contributed by atoms with Crippen molar-refractivity contribution >= 4 is 11.6 Å². The molecule has 0 spiro atoms. The Hall–Kier alpha value is -1.45. The summed E-state index contributed by atoms with van der Waals surface area (Å²) in [5.41, 5.74) is 1.12. The molecule has 0 radical (unpaired) electrons. The number of pyridine rings is 1. The van der Waals surface area contributed by atoms with Crippen LogP contribution in [0, 0.1) is 5.82 Å². The summed E-state index contributed by atoms with van der Waals surface area (Å²) in [5, 5.41) is 10.3. The molecule has 2 rings (SSSR count). The molecular formula is C13H11ClFNO. The summed E-state index contributed by atoms with van der Waals surface area (Å²) < 4.78 is 13.1. The van der Waals surface area contributed by atoms with Crippen LogP contribution in [0.2, 0.25) is 5.02 Å². The summed E-state index contributed by atoms with van der Waals surface area (Å²) in [7, 11) is 0. The van der Waals surface area contributed by atoms with Gasteiger partial charge in [0, 0.05) is 28.9 Å². The van der Waals surface area contributed by atoms with Gasteiger partial charge in [0.25, 0.3) is 0 Å². The third-order valence-electron chi connectivity index (χ3n) is 2.45. The van der Waals surface area contributed by atoms with E-state index >= 15 is 0 Å². The predicted molar refractivity (Wildman–Crippen MR) is 64.3 cm³/mol. The normalized spacial score (nSPS) is 12.4. The molecule has 1 atom stereocenters. The van der Waals surface area contributed by atoms with Crippen molar-refractivity contribution in [3.63, 3.8) is 0 Å². The molecule has 4 heteroatoms. The van der Waals surface area contributed by atoms with E-state index in [4.69, 9.17) is 11.6 Å². The highest BCUT2D eigenvalue weighted by Crippen LogP contribution is 2.25. The first kappa shape index (κ1) is 12.0. The van der Waals surface area contributed by atoms with Gasteiger partial charge in [-0.05, 0) is 30.3 Å². The Morgan fingerprint density at radius 1 is 1.29 bits per heavy atom. The van der Waals surface area contributed by atoms with E-state index in [9.17, 15) is 9.50 Å². The van der Waals surface area contributed by atoms with E-state index in [2.05, 4.69) is 4.98 Å². The van der Waals surface area contributed by atoms with Gasteiger partial charge >= 0.3 is 0 Å². The SMILES string of the molecule is OC(Cc1ccccn1)c1cc(F)ccc1Cl. The van der Waals surface area contributed by atoms with E-state index in [1.807, 2.05) is 6.07 Å². The van der Waals surface area contributed by atoms with Crippen LogP contribution < -0.4 is 0 Å². The zero-order valence-electron chi connectivity index (χ0n) is 8.98. The fourth-order valence-corrected chi connectivity index (χ4v) is 1.84. The standard InChI is InChI=1S/C13H11ClFNO/c14-12-5-4-9(15)7-11(12)13(17)8-10-3-1-2-6-16-10/h1-7,13,17H,8H2. The summed E-state index contributed by atoms with van der Waals surface area (Å²) >= 11 is 5.91. The average Bonchev–Trinajstić information content (AvgIpc) is 2.33. The summed E-state index contributed by atoms with van der Waals surface area (Å²) in [4.78, 5) is 4.10. The minimum atomic E-state index is -0.854. The lowest BCUT2D eigenvalue weighted by Crippen LogP contribution is -2.04.